The van der Waals surface area contributed by atoms with Gasteiger partial charge in [0.2, 0.25) is 5.91 Å². The molecule has 19 heavy (non-hydrogen) atoms. The lowest BCUT2D eigenvalue weighted by atomic mass is 10.0. The fraction of sp³-hybridized carbons (Fsp3) is 0.533. The molecule has 1 rings (SSSR count). The molecule has 1 aromatic rings. The van der Waals surface area contributed by atoms with E-state index in [0.29, 0.717) is 0 Å². The van der Waals surface area contributed by atoms with Crippen molar-refractivity contribution in [1.82, 2.24) is 5.32 Å². The molecule has 1 atom stereocenters. The SMILES string of the molecule is CCC(C)(C)NC(=O)C(C)Sc1ccc(N)c(C)c1. The molecule has 1 unspecified atom stereocenters. The zero-order chi connectivity index (χ0) is 14.6. The fourth-order valence-corrected chi connectivity index (χ4v) is 2.47. The largest absolute Gasteiger partial charge is 0.399 e. The maximum absolute atomic E-state index is 12.1. The molecule has 1 amide bonds. The predicted octanol–water partition coefficient (Wildman–Crippen LogP) is 3.36. The van der Waals surface area contributed by atoms with Gasteiger partial charge in [-0.15, -0.1) is 11.8 Å². The van der Waals surface area contributed by atoms with Crippen molar-refractivity contribution in [3.8, 4) is 0 Å². The first-order valence-electron chi connectivity index (χ1n) is 6.60. The molecule has 0 heterocycles. The zero-order valence-corrected chi connectivity index (χ0v) is 13.2. The van der Waals surface area contributed by atoms with E-state index in [4.69, 9.17) is 5.73 Å². The Morgan fingerprint density at radius 3 is 2.63 bits per heavy atom. The summed E-state index contributed by atoms with van der Waals surface area (Å²) in [6.45, 7) is 10.1. The van der Waals surface area contributed by atoms with E-state index in [9.17, 15) is 4.79 Å². The Morgan fingerprint density at radius 2 is 2.11 bits per heavy atom. The van der Waals surface area contributed by atoms with Crippen molar-refractivity contribution in [3.05, 3.63) is 23.8 Å². The van der Waals surface area contributed by atoms with Crippen LogP contribution in [0.5, 0.6) is 0 Å². The van der Waals surface area contributed by atoms with Crippen LogP contribution in [-0.4, -0.2) is 16.7 Å². The van der Waals surface area contributed by atoms with Crippen molar-refractivity contribution in [2.24, 2.45) is 0 Å². The minimum Gasteiger partial charge on any atom is -0.399 e. The molecule has 0 aliphatic rings. The Morgan fingerprint density at radius 1 is 1.47 bits per heavy atom. The number of nitrogens with two attached hydrogens (primary N) is 1. The van der Waals surface area contributed by atoms with Gasteiger partial charge in [-0.1, -0.05) is 6.92 Å². The molecular formula is C15H24N2OS. The highest BCUT2D eigenvalue weighted by atomic mass is 32.2. The summed E-state index contributed by atoms with van der Waals surface area (Å²) in [7, 11) is 0. The van der Waals surface area contributed by atoms with E-state index in [0.717, 1.165) is 22.6 Å². The molecule has 0 aromatic heterocycles. The molecule has 4 heteroatoms. The maximum atomic E-state index is 12.1. The van der Waals surface area contributed by atoms with Gasteiger partial charge in [-0.3, -0.25) is 4.79 Å². The number of rotatable bonds is 5. The first-order chi connectivity index (χ1) is 8.75. The molecule has 3 nitrogen and oxygen atoms in total. The van der Waals surface area contributed by atoms with Gasteiger partial charge >= 0.3 is 0 Å². The van der Waals surface area contributed by atoms with Crippen LogP contribution in [0.2, 0.25) is 0 Å². The van der Waals surface area contributed by atoms with Crippen molar-refractivity contribution < 1.29 is 4.79 Å². The Labute approximate surface area is 120 Å². The lowest BCUT2D eigenvalue weighted by molar-refractivity contribution is -0.121. The molecule has 0 saturated carbocycles. The van der Waals surface area contributed by atoms with Gasteiger partial charge in [0, 0.05) is 16.1 Å². The van der Waals surface area contributed by atoms with Gasteiger partial charge in [0.1, 0.15) is 0 Å². The fourth-order valence-electron chi connectivity index (χ4n) is 1.50. The lowest BCUT2D eigenvalue weighted by Crippen LogP contribution is -2.46. The smallest absolute Gasteiger partial charge is 0.233 e. The van der Waals surface area contributed by atoms with Gasteiger partial charge in [-0.05, 0) is 57.9 Å². The number of amides is 1. The molecule has 0 spiro atoms. The Kier molecular flexibility index (Phi) is 5.29. The average molecular weight is 280 g/mol. The number of hydrogen-bond acceptors (Lipinski definition) is 3. The summed E-state index contributed by atoms with van der Waals surface area (Å²) in [5.41, 5.74) is 7.48. The number of nitrogen functional groups attached to an aromatic ring is 1. The van der Waals surface area contributed by atoms with Crippen LogP contribution in [0.3, 0.4) is 0 Å². The van der Waals surface area contributed by atoms with E-state index in [1.807, 2.05) is 45.9 Å². The summed E-state index contributed by atoms with van der Waals surface area (Å²) in [6.07, 6.45) is 0.914. The van der Waals surface area contributed by atoms with E-state index >= 15 is 0 Å². The number of aryl methyl sites for hydroxylation is 1. The number of anilines is 1. The normalized spacial score (nSPS) is 13.1. The zero-order valence-electron chi connectivity index (χ0n) is 12.4. The molecule has 0 aliphatic heterocycles. The highest BCUT2D eigenvalue weighted by Gasteiger charge is 2.22. The average Bonchev–Trinajstić information content (AvgIpc) is 2.33. The van der Waals surface area contributed by atoms with E-state index in [2.05, 4.69) is 12.2 Å². The van der Waals surface area contributed by atoms with Gasteiger partial charge in [0.05, 0.1) is 5.25 Å². The molecule has 0 saturated heterocycles. The molecule has 3 N–H and O–H groups in total. The van der Waals surface area contributed by atoms with Crippen LogP contribution >= 0.6 is 11.8 Å². The molecule has 106 valence electrons. The van der Waals surface area contributed by atoms with E-state index in [1.165, 1.54) is 0 Å². The summed E-state index contributed by atoms with van der Waals surface area (Å²) in [5.74, 6) is 0.0753. The predicted molar refractivity (Wildman–Crippen MR) is 83.4 cm³/mol. The first-order valence-corrected chi connectivity index (χ1v) is 7.48. The summed E-state index contributed by atoms with van der Waals surface area (Å²) in [6, 6.07) is 5.87. The number of hydrogen-bond donors (Lipinski definition) is 2. The summed E-state index contributed by atoms with van der Waals surface area (Å²) in [5, 5.41) is 2.95. The van der Waals surface area contributed by atoms with Crippen LogP contribution in [0, 0.1) is 6.92 Å². The topological polar surface area (TPSA) is 55.1 Å². The Bertz CT molecular complexity index is 457. The van der Waals surface area contributed by atoms with Gasteiger partial charge < -0.3 is 11.1 Å². The minimum atomic E-state index is -0.150. The quantitative estimate of drug-likeness (QED) is 0.642. The number of thioether (sulfide) groups is 1. The lowest BCUT2D eigenvalue weighted by Gasteiger charge is -2.26. The van der Waals surface area contributed by atoms with Gasteiger partial charge in [0.15, 0.2) is 0 Å². The van der Waals surface area contributed by atoms with Crippen LogP contribution in [0.1, 0.15) is 39.7 Å². The summed E-state index contributed by atoms with van der Waals surface area (Å²) in [4.78, 5) is 13.2. The third kappa shape index (κ3) is 4.78. The number of benzene rings is 1. The molecule has 0 radical (unpaired) electrons. The second-order valence-corrected chi connectivity index (χ2v) is 6.92. The third-order valence-electron chi connectivity index (χ3n) is 3.27. The number of nitrogens with one attached hydrogen (secondary N) is 1. The van der Waals surface area contributed by atoms with Gasteiger partial charge in [0.25, 0.3) is 0 Å². The standard InChI is InChI=1S/C15H24N2OS/c1-6-15(4,5)17-14(18)11(3)19-12-7-8-13(16)10(2)9-12/h7-9,11H,6,16H2,1-5H3,(H,17,18). The number of carbonyl (C=O) groups is 1. The van der Waals surface area contributed by atoms with Crippen molar-refractivity contribution >= 4 is 23.4 Å². The molecular weight excluding hydrogens is 256 g/mol. The number of carbonyl (C=O) groups excluding carboxylic acids is 1. The van der Waals surface area contributed by atoms with E-state index < -0.39 is 0 Å². The van der Waals surface area contributed by atoms with Crippen LogP contribution in [0.15, 0.2) is 23.1 Å². The van der Waals surface area contributed by atoms with Crippen LogP contribution in [-0.2, 0) is 4.79 Å². The monoisotopic (exact) mass is 280 g/mol. The second kappa shape index (κ2) is 6.33. The van der Waals surface area contributed by atoms with E-state index in [1.54, 1.807) is 11.8 Å². The second-order valence-electron chi connectivity index (χ2n) is 5.51. The van der Waals surface area contributed by atoms with Crippen LogP contribution in [0.4, 0.5) is 5.69 Å². The third-order valence-corrected chi connectivity index (χ3v) is 4.36. The summed E-state index contributed by atoms with van der Waals surface area (Å²) >= 11 is 1.56. The van der Waals surface area contributed by atoms with Crippen molar-refractivity contribution in [3.63, 3.8) is 0 Å². The van der Waals surface area contributed by atoms with E-state index in [-0.39, 0.29) is 16.7 Å². The Hall–Kier alpha value is -1.16. The first kappa shape index (κ1) is 15.9. The van der Waals surface area contributed by atoms with Gasteiger partial charge in [-0.2, -0.15) is 0 Å². The molecule has 0 fully saturated rings. The molecule has 0 bridgehead atoms. The maximum Gasteiger partial charge on any atom is 0.233 e. The van der Waals surface area contributed by atoms with Crippen molar-refractivity contribution in [1.29, 1.82) is 0 Å². The van der Waals surface area contributed by atoms with Crippen LogP contribution < -0.4 is 11.1 Å². The van der Waals surface area contributed by atoms with Crippen molar-refractivity contribution in [2.75, 3.05) is 5.73 Å². The highest BCUT2D eigenvalue weighted by molar-refractivity contribution is 8.00. The van der Waals surface area contributed by atoms with Gasteiger partial charge in [-0.25, -0.2) is 0 Å². The molecule has 0 aliphatic carbocycles. The molecule has 1 aromatic carbocycles. The highest BCUT2D eigenvalue weighted by Crippen LogP contribution is 2.26. The minimum absolute atomic E-state index is 0.0753. The Balaban J connectivity index is 2.66. The van der Waals surface area contributed by atoms with Crippen LogP contribution in [0.25, 0.3) is 0 Å². The van der Waals surface area contributed by atoms with Crippen molar-refractivity contribution in [2.45, 2.75) is 56.7 Å². The summed E-state index contributed by atoms with van der Waals surface area (Å²) < 4.78 is 0.